The molecule has 0 atom stereocenters. The van der Waals surface area contributed by atoms with Crippen LogP contribution in [0.15, 0.2) is 73.1 Å². The maximum atomic E-state index is 12.7. The minimum Gasteiger partial charge on any atom is -0.307 e. The van der Waals surface area contributed by atoms with Crippen molar-refractivity contribution >= 4 is 29.0 Å². The zero-order chi connectivity index (χ0) is 17.6. The van der Waals surface area contributed by atoms with Gasteiger partial charge in [-0.3, -0.25) is 10.1 Å². The third-order valence-corrected chi connectivity index (χ3v) is 3.29. The van der Waals surface area contributed by atoms with Crippen LogP contribution in [0, 0.1) is 10.1 Å². The summed E-state index contributed by atoms with van der Waals surface area (Å²) in [7, 11) is 0. The van der Waals surface area contributed by atoms with E-state index in [2.05, 4.69) is 15.3 Å². The summed E-state index contributed by atoms with van der Waals surface area (Å²) in [4.78, 5) is 32.6. The number of benzene rings is 1. The molecule has 0 aliphatic heterocycles. The highest BCUT2D eigenvalue weighted by Gasteiger charge is 2.20. The number of hydrogen-bond acceptors (Lipinski definition) is 5. The lowest BCUT2D eigenvalue weighted by atomic mass is 10.3. The predicted octanol–water partition coefficient (Wildman–Crippen LogP) is 3.76. The molecule has 124 valence electrons. The molecular formula is C17H13N5O3. The van der Waals surface area contributed by atoms with E-state index in [1.165, 1.54) is 29.2 Å². The lowest BCUT2D eigenvalue weighted by molar-refractivity contribution is -0.384. The smallest absolute Gasteiger partial charge is 0.307 e. The van der Waals surface area contributed by atoms with Crippen molar-refractivity contribution in [1.82, 2.24) is 9.97 Å². The third-order valence-electron chi connectivity index (χ3n) is 3.29. The summed E-state index contributed by atoms with van der Waals surface area (Å²) in [6.45, 7) is 0. The lowest BCUT2D eigenvalue weighted by Gasteiger charge is -2.21. The van der Waals surface area contributed by atoms with Crippen molar-refractivity contribution < 1.29 is 9.72 Å². The first-order chi connectivity index (χ1) is 12.1. The maximum Gasteiger partial charge on any atom is 0.333 e. The van der Waals surface area contributed by atoms with E-state index in [4.69, 9.17) is 0 Å². The van der Waals surface area contributed by atoms with Crippen molar-refractivity contribution in [3.8, 4) is 0 Å². The van der Waals surface area contributed by atoms with E-state index in [1.807, 2.05) is 0 Å². The van der Waals surface area contributed by atoms with Crippen LogP contribution in [0.25, 0.3) is 0 Å². The standard InChI is InChI=1S/C17H13N5O3/c23-17(20-13-7-9-14(10-8-13)22(24)25)21(15-5-1-3-11-18-15)16-6-2-4-12-19-16/h1-12H,(H,20,23). The second kappa shape index (κ2) is 7.18. The summed E-state index contributed by atoms with van der Waals surface area (Å²) in [6, 6.07) is 15.5. The zero-order valence-electron chi connectivity index (χ0n) is 12.9. The number of rotatable bonds is 4. The van der Waals surface area contributed by atoms with Gasteiger partial charge in [0.2, 0.25) is 0 Å². The van der Waals surface area contributed by atoms with E-state index in [0.29, 0.717) is 17.3 Å². The number of aromatic nitrogens is 2. The number of carbonyl (C=O) groups is 1. The average molecular weight is 335 g/mol. The van der Waals surface area contributed by atoms with Crippen molar-refractivity contribution in [2.45, 2.75) is 0 Å². The molecule has 0 aliphatic carbocycles. The number of carbonyl (C=O) groups excluding carboxylic acids is 1. The van der Waals surface area contributed by atoms with Gasteiger partial charge in [0.15, 0.2) is 0 Å². The number of nitro benzene ring substituents is 1. The molecule has 2 heterocycles. The van der Waals surface area contributed by atoms with Gasteiger partial charge in [0, 0.05) is 30.2 Å². The number of nitrogens with one attached hydrogen (secondary N) is 1. The molecular weight excluding hydrogens is 322 g/mol. The highest BCUT2D eigenvalue weighted by Crippen LogP contribution is 2.23. The second-order valence-electron chi connectivity index (χ2n) is 4.95. The van der Waals surface area contributed by atoms with Gasteiger partial charge in [-0.15, -0.1) is 0 Å². The van der Waals surface area contributed by atoms with Crippen LogP contribution in [0.4, 0.5) is 27.8 Å². The molecule has 1 aromatic carbocycles. The average Bonchev–Trinajstić information content (AvgIpc) is 2.64. The predicted molar refractivity (Wildman–Crippen MR) is 92.7 cm³/mol. The SMILES string of the molecule is O=C(Nc1ccc([N+](=O)[O-])cc1)N(c1ccccn1)c1ccccn1. The molecule has 0 spiro atoms. The minimum atomic E-state index is -0.500. The van der Waals surface area contributed by atoms with Crippen LogP contribution in [-0.4, -0.2) is 20.9 Å². The molecule has 0 aliphatic rings. The summed E-state index contributed by atoms with van der Waals surface area (Å²) in [5.41, 5.74) is 0.372. The number of pyridine rings is 2. The normalized spacial score (nSPS) is 10.1. The Morgan fingerprint density at radius 3 is 1.92 bits per heavy atom. The van der Waals surface area contributed by atoms with Crippen molar-refractivity contribution in [3.05, 3.63) is 83.2 Å². The number of amides is 2. The van der Waals surface area contributed by atoms with Crippen molar-refractivity contribution in [2.24, 2.45) is 0 Å². The van der Waals surface area contributed by atoms with Crippen LogP contribution in [0.3, 0.4) is 0 Å². The molecule has 0 unspecified atom stereocenters. The van der Waals surface area contributed by atoms with Gasteiger partial charge >= 0.3 is 6.03 Å². The number of urea groups is 1. The van der Waals surface area contributed by atoms with E-state index in [-0.39, 0.29) is 5.69 Å². The first kappa shape index (κ1) is 16.1. The molecule has 25 heavy (non-hydrogen) atoms. The zero-order valence-corrected chi connectivity index (χ0v) is 12.9. The summed E-state index contributed by atoms with van der Waals surface area (Å²) in [5, 5.41) is 13.4. The minimum absolute atomic E-state index is 0.0516. The second-order valence-corrected chi connectivity index (χ2v) is 4.95. The third kappa shape index (κ3) is 3.75. The Hall–Kier alpha value is -3.81. The number of anilines is 3. The first-order valence-corrected chi connectivity index (χ1v) is 7.33. The Morgan fingerprint density at radius 1 is 0.920 bits per heavy atom. The van der Waals surface area contributed by atoms with E-state index in [1.54, 1.807) is 48.8 Å². The van der Waals surface area contributed by atoms with Crippen LogP contribution in [-0.2, 0) is 0 Å². The molecule has 2 aromatic heterocycles. The Kier molecular flexibility index (Phi) is 4.61. The molecule has 3 aromatic rings. The van der Waals surface area contributed by atoms with Crippen LogP contribution in [0.1, 0.15) is 0 Å². The fourth-order valence-electron chi connectivity index (χ4n) is 2.14. The van der Waals surface area contributed by atoms with Crippen LogP contribution < -0.4 is 10.2 Å². The van der Waals surface area contributed by atoms with E-state index in [9.17, 15) is 14.9 Å². The number of nitro groups is 1. The van der Waals surface area contributed by atoms with Gasteiger partial charge in [0.05, 0.1) is 4.92 Å². The van der Waals surface area contributed by atoms with Gasteiger partial charge in [-0.2, -0.15) is 0 Å². The van der Waals surface area contributed by atoms with Crippen LogP contribution in [0.2, 0.25) is 0 Å². The molecule has 0 bridgehead atoms. The molecule has 1 N–H and O–H groups in total. The van der Waals surface area contributed by atoms with E-state index >= 15 is 0 Å². The van der Waals surface area contributed by atoms with Gasteiger partial charge in [-0.1, -0.05) is 12.1 Å². The molecule has 3 rings (SSSR count). The molecule has 0 fully saturated rings. The van der Waals surface area contributed by atoms with E-state index in [0.717, 1.165) is 0 Å². The first-order valence-electron chi connectivity index (χ1n) is 7.33. The molecule has 0 radical (unpaired) electrons. The van der Waals surface area contributed by atoms with Gasteiger partial charge in [0.25, 0.3) is 5.69 Å². The van der Waals surface area contributed by atoms with Crippen LogP contribution in [0.5, 0.6) is 0 Å². The topological polar surface area (TPSA) is 101 Å². The fourth-order valence-corrected chi connectivity index (χ4v) is 2.14. The monoisotopic (exact) mass is 335 g/mol. The summed E-state index contributed by atoms with van der Waals surface area (Å²) in [5.74, 6) is 0.807. The van der Waals surface area contributed by atoms with Crippen molar-refractivity contribution in [1.29, 1.82) is 0 Å². The van der Waals surface area contributed by atoms with Gasteiger partial charge in [-0.25, -0.2) is 19.7 Å². The summed E-state index contributed by atoms with van der Waals surface area (Å²) in [6.07, 6.45) is 3.15. The van der Waals surface area contributed by atoms with Gasteiger partial charge < -0.3 is 5.32 Å². The number of hydrogen-bond donors (Lipinski definition) is 1. The van der Waals surface area contributed by atoms with E-state index < -0.39 is 11.0 Å². The number of nitrogens with zero attached hydrogens (tertiary/aromatic N) is 4. The quantitative estimate of drug-likeness (QED) is 0.578. The van der Waals surface area contributed by atoms with Crippen molar-refractivity contribution in [2.75, 3.05) is 10.2 Å². The van der Waals surface area contributed by atoms with Crippen LogP contribution >= 0.6 is 0 Å². The Bertz CT molecular complexity index is 830. The molecule has 0 saturated carbocycles. The molecule has 0 saturated heterocycles. The molecule has 8 heteroatoms. The lowest BCUT2D eigenvalue weighted by Crippen LogP contribution is -2.32. The highest BCUT2D eigenvalue weighted by molar-refractivity contribution is 6.05. The molecule has 8 nitrogen and oxygen atoms in total. The largest absolute Gasteiger partial charge is 0.333 e. The maximum absolute atomic E-state index is 12.7. The summed E-state index contributed by atoms with van der Waals surface area (Å²) < 4.78 is 0. The Balaban J connectivity index is 1.88. The fraction of sp³-hybridized carbons (Fsp3) is 0. The van der Waals surface area contributed by atoms with Gasteiger partial charge in [0.1, 0.15) is 11.6 Å². The number of non-ortho nitro benzene ring substituents is 1. The van der Waals surface area contributed by atoms with Crippen molar-refractivity contribution in [3.63, 3.8) is 0 Å². The highest BCUT2D eigenvalue weighted by atomic mass is 16.6. The molecule has 2 amide bonds. The Labute approximate surface area is 142 Å². The summed E-state index contributed by atoms with van der Waals surface area (Å²) >= 11 is 0. The van der Waals surface area contributed by atoms with Gasteiger partial charge in [-0.05, 0) is 36.4 Å². The Morgan fingerprint density at radius 2 is 1.48 bits per heavy atom.